The minimum atomic E-state index is -3.54. The van der Waals surface area contributed by atoms with E-state index in [-0.39, 0.29) is 16.7 Å². The minimum absolute atomic E-state index is 0.0196. The maximum absolute atomic E-state index is 12.7. The van der Waals surface area contributed by atoms with Gasteiger partial charge in [0.15, 0.2) is 0 Å². The number of rotatable bonds is 8. The molecule has 1 saturated carbocycles. The Morgan fingerprint density at radius 2 is 1.72 bits per heavy atom. The Kier molecular flexibility index (Phi) is 8.35. The van der Waals surface area contributed by atoms with Crippen LogP contribution in [-0.4, -0.2) is 51.0 Å². The Balaban J connectivity index is 1.36. The Morgan fingerprint density at radius 1 is 1.07 bits per heavy atom. The molecule has 1 aromatic rings. The Hall–Kier alpha value is -1.15. The van der Waals surface area contributed by atoms with Crippen LogP contribution in [0.2, 0.25) is 5.02 Å². The molecule has 2 fully saturated rings. The molecular formula is C21H31ClN2O4S. The number of hydrogen-bond acceptors (Lipinski definition) is 4. The van der Waals surface area contributed by atoms with Crippen LogP contribution in [0.15, 0.2) is 29.2 Å². The fraction of sp³-hybridized carbons (Fsp3) is 0.667. The predicted molar refractivity (Wildman–Crippen MR) is 113 cm³/mol. The average molecular weight is 443 g/mol. The molecule has 2 aliphatic rings. The predicted octanol–water partition coefficient (Wildman–Crippen LogP) is 3.60. The van der Waals surface area contributed by atoms with E-state index in [2.05, 4.69) is 5.32 Å². The molecule has 0 spiro atoms. The van der Waals surface area contributed by atoms with Crippen molar-refractivity contribution in [1.82, 2.24) is 9.62 Å². The van der Waals surface area contributed by atoms with Gasteiger partial charge >= 0.3 is 0 Å². The van der Waals surface area contributed by atoms with E-state index in [1.165, 1.54) is 35.7 Å². The highest BCUT2D eigenvalue weighted by atomic mass is 35.5. The van der Waals surface area contributed by atoms with Gasteiger partial charge in [-0.2, -0.15) is 4.31 Å². The summed E-state index contributed by atoms with van der Waals surface area (Å²) in [4.78, 5) is 12.6. The van der Waals surface area contributed by atoms with Crippen LogP contribution in [0.5, 0.6) is 0 Å². The van der Waals surface area contributed by atoms with E-state index in [1.807, 2.05) is 0 Å². The van der Waals surface area contributed by atoms with Crippen LogP contribution in [0.1, 0.15) is 51.4 Å². The SMILES string of the molecule is O=C(NCCCOC1CCCCC1)C1CCN(S(=O)(=O)c2ccc(Cl)cc2)CC1. The van der Waals surface area contributed by atoms with Crippen molar-refractivity contribution in [3.63, 3.8) is 0 Å². The van der Waals surface area contributed by atoms with Gasteiger partial charge < -0.3 is 10.1 Å². The third-order valence-electron chi connectivity index (χ3n) is 5.80. The largest absolute Gasteiger partial charge is 0.378 e. The molecule has 0 atom stereocenters. The molecule has 1 aliphatic carbocycles. The van der Waals surface area contributed by atoms with Gasteiger partial charge in [-0.15, -0.1) is 0 Å². The van der Waals surface area contributed by atoms with Crippen molar-refractivity contribution in [2.24, 2.45) is 5.92 Å². The van der Waals surface area contributed by atoms with E-state index < -0.39 is 10.0 Å². The van der Waals surface area contributed by atoms with Crippen molar-refractivity contribution < 1.29 is 17.9 Å². The summed E-state index contributed by atoms with van der Waals surface area (Å²) in [7, 11) is -3.54. The molecular weight excluding hydrogens is 412 g/mol. The lowest BCUT2D eigenvalue weighted by atomic mass is 9.97. The van der Waals surface area contributed by atoms with Crippen molar-refractivity contribution in [3.05, 3.63) is 29.3 Å². The van der Waals surface area contributed by atoms with Gasteiger partial charge in [-0.05, 0) is 56.4 Å². The highest BCUT2D eigenvalue weighted by molar-refractivity contribution is 7.89. The van der Waals surface area contributed by atoms with Gasteiger partial charge in [0.2, 0.25) is 15.9 Å². The molecule has 0 radical (unpaired) electrons. The number of nitrogens with zero attached hydrogens (tertiary/aromatic N) is 1. The van der Waals surface area contributed by atoms with E-state index in [0.717, 1.165) is 19.3 Å². The summed E-state index contributed by atoms with van der Waals surface area (Å²) in [5, 5.41) is 3.48. The molecule has 1 amide bonds. The fourth-order valence-electron chi connectivity index (χ4n) is 4.02. The lowest BCUT2D eigenvalue weighted by Crippen LogP contribution is -2.43. The molecule has 6 nitrogen and oxygen atoms in total. The van der Waals surface area contributed by atoms with Crippen molar-refractivity contribution in [3.8, 4) is 0 Å². The molecule has 1 N–H and O–H groups in total. The smallest absolute Gasteiger partial charge is 0.243 e. The van der Waals surface area contributed by atoms with Crippen molar-refractivity contribution in [1.29, 1.82) is 0 Å². The van der Waals surface area contributed by atoms with Crippen LogP contribution in [0.3, 0.4) is 0 Å². The topological polar surface area (TPSA) is 75.7 Å². The highest BCUT2D eigenvalue weighted by Crippen LogP contribution is 2.25. The Labute approximate surface area is 179 Å². The molecule has 1 aromatic carbocycles. The van der Waals surface area contributed by atoms with Gasteiger partial charge in [0.25, 0.3) is 0 Å². The number of carbonyl (C=O) groups excluding carboxylic acids is 1. The van der Waals surface area contributed by atoms with Gasteiger partial charge in [-0.1, -0.05) is 30.9 Å². The summed E-state index contributed by atoms with van der Waals surface area (Å²) in [5.41, 5.74) is 0. The van der Waals surface area contributed by atoms with Crippen LogP contribution in [0.25, 0.3) is 0 Å². The number of benzene rings is 1. The zero-order valence-electron chi connectivity index (χ0n) is 16.8. The maximum atomic E-state index is 12.7. The van der Waals surface area contributed by atoms with Gasteiger partial charge in [0, 0.05) is 37.2 Å². The molecule has 0 bridgehead atoms. The number of carbonyl (C=O) groups is 1. The molecule has 1 heterocycles. The fourth-order valence-corrected chi connectivity index (χ4v) is 5.62. The van der Waals surface area contributed by atoms with Crippen LogP contribution < -0.4 is 5.32 Å². The molecule has 1 aliphatic heterocycles. The molecule has 8 heteroatoms. The third kappa shape index (κ3) is 6.41. The molecule has 1 saturated heterocycles. The lowest BCUT2D eigenvalue weighted by molar-refractivity contribution is -0.126. The molecule has 0 unspecified atom stereocenters. The molecule has 29 heavy (non-hydrogen) atoms. The average Bonchev–Trinajstić information content (AvgIpc) is 2.74. The van der Waals surface area contributed by atoms with Gasteiger partial charge in [0.1, 0.15) is 0 Å². The highest BCUT2D eigenvalue weighted by Gasteiger charge is 2.31. The summed E-state index contributed by atoms with van der Waals surface area (Å²) >= 11 is 5.84. The summed E-state index contributed by atoms with van der Waals surface area (Å²) in [6.07, 6.45) is 8.43. The second-order valence-electron chi connectivity index (χ2n) is 7.91. The number of nitrogens with one attached hydrogen (secondary N) is 1. The Bertz CT molecular complexity index is 755. The van der Waals surface area contributed by atoms with Crippen LogP contribution in [-0.2, 0) is 19.6 Å². The summed E-state index contributed by atoms with van der Waals surface area (Å²) in [6, 6.07) is 6.19. The first-order valence-corrected chi connectivity index (χ1v) is 12.4. The lowest BCUT2D eigenvalue weighted by Gasteiger charge is -2.30. The standard InChI is InChI=1S/C21H31ClN2O4S/c22-18-7-9-20(10-8-18)29(26,27)24-14-11-17(12-15-24)21(25)23-13-4-16-28-19-5-2-1-3-6-19/h7-10,17,19H,1-6,11-16H2,(H,23,25). The van der Waals surface area contributed by atoms with Crippen LogP contribution >= 0.6 is 11.6 Å². The van der Waals surface area contributed by atoms with Crippen molar-refractivity contribution in [2.45, 2.75) is 62.4 Å². The van der Waals surface area contributed by atoms with E-state index in [9.17, 15) is 13.2 Å². The minimum Gasteiger partial charge on any atom is -0.378 e. The van der Waals surface area contributed by atoms with Crippen LogP contribution in [0, 0.1) is 5.92 Å². The van der Waals surface area contributed by atoms with E-state index >= 15 is 0 Å². The quantitative estimate of drug-likeness (QED) is 0.624. The summed E-state index contributed by atoms with van der Waals surface area (Å²) in [5.74, 6) is -0.114. The summed E-state index contributed by atoms with van der Waals surface area (Å²) in [6.45, 7) is 2.00. The first-order valence-electron chi connectivity index (χ1n) is 10.6. The zero-order valence-corrected chi connectivity index (χ0v) is 18.4. The van der Waals surface area contributed by atoms with Crippen molar-refractivity contribution >= 4 is 27.5 Å². The van der Waals surface area contributed by atoms with Gasteiger partial charge in [0.05, 0.1) is 11.0 Å². The molecule has 0 aromatic heterocycles. The van der Waals surface area contributed by atoms with Crippen LogP contribution in [0.4, 0.5) is 0 Å². The van der Waals surface area contributed by atoms with E-state index in [4.69, 9.17) is 16.3 Å². The number of amides is 1. The number of ether oxygens (including phenoxy) is 1. The van der Waals surface area contributed by atoms with E-state index in [1.54, 1.807) is 12.1 Å². The zero-order chi connectivity index (χ0) is 20.7. The second kappa shape index (κ2) is 10.8. The molecule has 3 rings (SSSR count). The maximum Gasteiger partial charge on any atom is 0.243 e. The second-order valence-corrected chi connectivity index (χ2v) is 10.3. The number of piperidine rings is 1. The summed E-state index contributed by atoms with van der Waals surface area (Å²) < 4.78 is 32.8. The Morgan fingerprint density at radius 3 is 2.38 bits per heavy atom. The number of hydrogen-bond donors (Lipinski definition) is 1. The normalized spacial score (nSPS) is 19.9. The first-order chi connectivity index (χ1) is 14.0. The third-order valence-corrected chi connectivity index (χ3v) is 7.97. The van der Waals surface area contributed by atoms with Gasteiger partial charge in [-0.25, -0.2) is 8.42 Å². The monoisotopic (exact) mass is 442 g/mol. The number of halogens is 1. The van der Waals surface area contributed by atoms with Gasteiger partial charge in [-0.3, -0.25) is 4.79 Å². The van der Waals surface area contributed by atoms with Crippen molar-refractivity contribution in [2.75, 3.05) is 26.2 Å². The number of sulfonamides is 1. The van der Waals surface area contributed by atoms with E-state index in [0.29, 0.717) is 50.2 Å². The first kappa shape index (κ1) is 22.5. The molecule has 162 valence electrons.